The molecule has 0 unspecified atom stereocenters. The van der Waals surface area contributed by atoms with Crippen LogP contribution >= 0.6 is 8.07 Å². The van der Waals surface area contributed by atoms with E-state index in [0.29, 0.717) is 0 Å². The molecule has 6 heavy (non-hydrogen) atoms. The molecular weight excluding hydrogens is 93.0 g/mol. The van der Waals surface area contributed by atoms with E-state index in [1.54, 1.807) is 0 Å². The molecule has 0 saturated carbocycles. The van der Waals surface area contributed by atoms with Gasteiger partial charge in [0.2, 0.25) is 0 Å². The minimum atomic E-state index is 0.0350. The molecule has 1 aliphatic rings. The molecule has 36 valence electrons. The Hall–Kier alpha value is 0.390. The number of hydrogen-bond donors (Lipinski definition) is 1. The van der Waals surface area contributed by atoms with E-state index in [9.17, 15) is 0 Å². The van der Waals surface area contributed by atoms with Gasteiger partial charge in [0.1, 0.15) is 0 Å². The minimum Gasteiger partial charge on any atom is -0.310 e. The van der Waals surface area contributed by atoms with Gasteiger partial charge in [0.15, 0.2) is 0 Å². The van der Waals surface area contributed by atoms with Crippen LogP contribution in [0.3, 0.4) is 0 Å². The van der Waals surface area contributed by atoms with Crippen LogP contribution in [-0.2, 0) is 0 Å². The minimum absolute atomic E-state index is 0.0350. The Labute approximate surface area is 39.7 Å². The maximum atomic E-state index is 5.60. The van der Waals surface area contributed by atoms with E-state index in [-0.39, 0.29) is 8.07 Å². The van der Waals surface area contributed by atoms with Gasteiger partial charge >= 0.3 is 0 Å². The Morgan fingerprint density at radius 2 is 1.67 bits per heavy atom. The fraction of sp³-hybridized carbons (Fsp3) is 1.00. The molecule has 0 radical (unpaired) electrons. The monoisotopic (exact) mass is 103 g/mol. The van der Waals surface area contributed by atoms with Gasteiger partial charge in [-0.05, 0) is 33.2 Å². The van der Waals surface area contributed by atoms with E-state index in [0.717, 1.165) is 0 Å². The van der Waals surface area contributed by atoms with Crippen molar-refractivity contribution >= 4 is 8.07 Å². The molecule has 0 aromatic heterocycles. The molecule has 2 N–H and O–H groups in total. The van der Waals surface area contributed by atoms with Crippen LogP contribution < -0.4 is 5.50 Å². The van der Waals surface area contributed by atoms with Crippen LogP contribution in [0.4, 0.5) is 0 Å². The van der Waals surface area contributed by atoms with Crippen LogP contribution in [-0.4, -0.2) is 12.3 Å². The Morgan fingerprint density at radius 1 is 1.17 bits per heavy atom. The number of nitrogens with two attached hydrogens (primary N) is 1. The van der Waals surface area contributed by atoms with Crippen molar-refractivity contribution in [1.29, 1.82) is 0 Å². The van der Waals surface area contributed by atoms with E-state index < -0.39 is 0 Å². The smallest absolute Gasteiger partial charge is 0.0196 e. The second kappa shape index (κ2) is 1.90. The molecule has 1 nitrogen and oxygen atoms in total. The van der Waals surface area contributed by atoms with Crippen LogP contribution in [0.2, 0.25) is 0 Å². The molecule has 0 aromatic carbocycles. The molecular formula is C4H10NP. The highest BCUT2D eigenvalue weighted by atomic mass is 31.1. The predicted octanol–water partition coefficient (Wildman–Crippen LogP) is 1.14. The van der Waals surface area contributed by atoms with Crippen LogP contribution in [0.5, 0.6) is 0 Å². The fourth-order valence-corrected chi connectivity index (χ4v) is 2.22. The van der Waals surface area contributed by atoms with Crippen LogP contribution in [0.25, 0.3) is 0 Å². The summed E-state index contributed by atoms with van der Waals surface area (Å²) in [5.74, 6) is 0. The van der Waals surface area contributed by atoms with Gasteiger partial charge in [0, 0.05) is 0 Å². The van der Waals surface area contributed by atoms with Gasteiger partial charge in [-0.15, -0.1) is 0 Å². The maximum absolute atomic E-state index is 5.60. The molecule has 2 heteroatoms. The summed E-state index contributed by atoms with van der Waals surface area (Å²) in [5, 5.41) is 0. The van der Waals surface area contributed by atoms with E-state index in [2.05, 4.69) is 0 Å². The molecule has 0 amide bonds. The average Bonchev–Trinajstić information content (AvgIpc) is 1.86. The van der Waals surface area contributed by atoms with Gasteiger partial charge in [-0.1, -0.05) is 0 Å². The highest BCUT2D eigenvalue weighted by molar-refractivity contribution is 7.55. The molecule has 0 atom stereocenters. The van der Waals surface area contributed by atoms with Gasteiger partial charge in [-0.3, -0.25) is 0 Å². The van der Waals surface area contributed by atoms with Crippen molar-refractivity contribution in [2.75, 3.05) is 12.3 Å². The normalized spacial score (nSPS) is 25.5. The molecule has 1 rings (SSSR count). The summed E-state index contributed by atoms with van der Waals surface area (Å²) in [6.07, 6.45) is 5.44. The third-order valence-electron chi connectivity index (χ3n) is 1.14. The summed E-state index contributed by atoms with van der Waals surface area (Å²) in [7, 11) is 0.0350. The largest absolute Gasteiger partial charge is 0.310 e. The SMILES string of the molecule is NP1CCCC1. The molecule has 1 saturated heterocycles. The van der Waals surface area contributed by atoms with Crippen molar-refractivity contribution in [3.63, 3.8) is 0 Å². The lowest BCUT2D eigenvalue weighted by Crippen LogP contribution is -1.85. The Kier molecular flexibility index (Phi) is 1.44. The standard InChI is InChI=1S/C4H10NP/c5-6-3-1-2-4-6/h1-5H2. The summed E-state index contributed by atoms with van der Waals surface area (Å²) in [4.78, 5) is 0. The summed E-state index contributed by atoms with van der Waals surface area (Å²) < 4.78 is 0. The van der Waals surface area contributed by atoms with Gasteiger partial charge in [-0.2, -0.15) is 0 Å². The second-order valence-corrected chi connectivity index (χ2v) is 3.82. The Morgan fingerprint density at radius 3 is 1.83 bits per heavy atom. The van der Waals surface area contributed by atoms with Gasteiger partial charge in [-0.25, -0.2) is 0 Å². The first-order valence-electron chi connectivity index (χ1n) is 2.39. The van der Waals surface area contributed by atoms with Crippen molar-refractivity contribution in [2.24, 2.45) is 5.50 Å². The van der Waals surface area contributed by atoms with Crippen LogP contribution in [0.1, 0.15) is 12.8 Å². The molecule has 1 aliphatic heterocycles. The van der Waals surface area contributed by atoms with E-state index in [4.69, 9.17) is 5.50 Å². The quantitative estimate of drug-likeness (QED) is 0.457. The van der Waals surface area contributed by atoms with Crippen molar-refractivity contribution < 1.29 is 0 Å². The van der Waals surface area contributed by atoms with E-state index >= 15 is 0 Å². The van der Waals surface area contributed by atoms with Gasteiger partial charge in [0.05, 0.1) is 0 Å². The lowest BCUT2D eigenvalue weighted by Gasteiger charge is -1.93. The fourth-order valence-electron chi connectivity index (χ4n) is 0.742. The molecule has 0 spiro atoms. The zero-order valence-corrected chi connectivity index (χ0v) is 4.75. The zero-order valence-electron chi connectivity index (χ0n) is 3.85. The Bertz CT molecular complexity index is 40.8. The third-order valence-corrected chi connectivity index (χ3v) is 2.92. The summed E-state index contributed by atoms with van der Waals surface area (Å²) in [6.45, 7) is 0. The first-order chi connectivity index (χ1) is 2.89. The van der Waals surface area contributed by atoms with Gasteiger partial charge in [0.25, 0.3) is 0 Å². The first kappa shape index (κ1) is 4.55. The lowest BCUT2D eigenvalue weighted by atomic mass is 10.4. The Balaban J connectivity index is 2.18. The van der Waals surface area contributed by atoms with Gasteiger partial charge < -0.3 is 5.50 Å². The first-order valence-corrected chi connectivity index (χ1v) is 4.17. The zero-order chi connectivity index (χ0) is 4.41. The topological polar surface area (TPSA) is 26.0 Å². The van der Waals surface area contributed by atoms with Crippen molar-refractivity contribution in [2.45, 2.75) is 12.8 Å². The third kappa shape index (κ3) is 0.924. The summed E-state index contributed by atoms with van der Waals surface area (Å²) in [6, 6.07) is 0. The highest BCUT2D eigenvalue weighted by Crippen LogP contribution is 2.34. The van der Waals surface area contributed by atoms with Crippen molar-refractivity contribution in [3.05, 3.63) is 0 Å². The number of hydrogen-bond acceptors (Lipinski definition) is 1. The maximum Gasteiger partial charge on any atom is -0.0196 e. The summed E-state index contributed by atoms with van der Waals surface area (Å²) >= 11 is 0. The lowest BCUT2D eigenvalue weighted by molar-refractivity contribution is 0.949. The van der Waals surface area contributed by atoms with Crippen molar-refractivity contribution in [1.82, 2.24) is 0 Å². The van der Waals surface area contributed by atoms with Crippen LogP contribution in [0.15, 0.2) is 0 Å². The molecule has 0 bridgehead atoms. The van der Waals surface area contributed by atoms with E-state index in [1.165, 1.54) is 25.2 Å². The molecule has 1 heterocycles. The molecule has 0 aromatic rings. The van der Waals surface area contributed by atoms with E-state index in [1.807, 2.05) is 0 Å². The average molecular weight is 103 g/mol. The molecule has 1 fully saturated rings. The molecule has 0 aliphatic carbocycles. The summed E-state index contributed by atoms with van der Waals surface area (Å²) in [5.41, 5.74) is 5.60. The highest BCUT2D eigenvalue weighted by Gasteiger charge is 2.07. The second-order valence-electron chi connectivity index (χ2n) is 1.74. The van der Waals surface area contributed by atoms with Crippen LogP contribution in [0, 0.1) is 0 Å². The van der Waals surface area contributed by atoms with Crippen molar-refractivity contribution in [3.8, 4) is 0 Å². The number of rotatable bonds is 0. The predicted molar refractivity (Wildman–Crippen MR) is 30.1 cm³/mol.